The Hall–Kier alpha value is -3.03. The Morgan fingerprint density at radius 1 is 1.23 bits per heavy atom. The number of carbonyl (C=O) groups is 1. The largest absolute Gasteiger partial charge is 0.387 e. The summed E-state index contributed by atoms with van der Waals surface area (Å²) in [6.45, 7) is 1.82. The van der Waals surface area contributed by atoms with E-state index in [1.807, 2.05) is 43.3 Å². The van der Waals surface area contributed by atoms with E-state index in [2.05, 4.69) is 20.7 Å². The summed E-state index contributed by atoms with van der Waals surface area (Å²) in [7, 11) is 0. The lowest BCUT2D eigenvalue weighted by Crippen LogP contribution is -2.35. The highest BCUT2D eigenvalue weighted by Crippen LogP contribution is 2.26. The Balaban J connectivity index is 1.29. The minimum Gasteiger partial charge on any atom is -0.387 e. The van der Waals surface area contributed by atoms with Crippen molar-refractivity contribution in [1.82, 2.24) is 20.1 Å². The molecule has 0 radical (unpaired) electrons. The first kappa shape index (κ1) is 20.3. The first-order valence-corrected chi connectivity index (χ1v) is 10.3. The molecule has 3 N–H and O–H groups in total. The van der Waals surface area contributed by atoms with Crippen molar-refractivity contribution in [3.63, 3.8) is 0 Å². The lowest BCUT2D eigenvalue weighted by Gasteiger charge is -2.20. The number of nitrogens with one attached hydrogen (secondary N) is 2. The zero-order chi connectivity index (χ0) is 20.9. The molecule has 4 rings (SSSR count). The van der Waals surface area contributed by atoms with Crippen LogP contribution in [0.1, 0.15) is 43.0 Å². The summed E-state index contributed by atoms with van der Waals surface area (Å²) in [5.41, 5.74) is 2.81. The van der Waals surface area contributed by atoms with E-state index in [0.29, 0.717) is 6.04 Å². The van der Waals surface area contributed by atoms with Crippen molar-refractivity contribution in [2.75, 3.05) is 5.32 Å². The molecular weight excluding hydrogens is 378 g/mol. The molecule has 1 aromatic carbocycles. The number of aromatic nitrogens is 3. The maximum Gasteiger partial charge on any atom is 0.248 e. The average molecular weight is 406 g/mol. The number of amides is 1. The van der Waals surface area contributed by atoms with Crippen LogP contribution in [-0.4, -0.2) is 37.9 Å². The van der Waals surface area contributed by atoms with Crippen LogP contribution in [0.2, 0.25) is 0 Å². The molecule has 1 amide bonds. The maximum atomic E-state index is 12.4. The first-order chi connectivity index (χ1) is 14.6. The Morgan fingerprint density at radius 2 is 2.07 bits per heavy atom. The van der Waals surface area contributed by atoms with Gasteiger partial charge in [0.1, 0.15) is 6.04 Å². The van der Waals surface area contributed by atoms with Gasteiger partial charge in [-0.25, -0.2) is 0 Å². The molecule has 30 heavy (non-hydrogen) atoms. The number of hydrogen-bond acceptors (Lipinski definition) is 5. The molecule has 1 aliphatic heterocycles. The van der Waals surface area contributed by atoms with Crippen molar-refractivity contribution in [2.45, 2.75) is 50.4 Å². The van der Waals surface area contributed by atoms with Gasteiger partial charge in [-0.2, -0.15) is 5.10 Å². The Morgan fingerprint density at radius 3 is 2.77 bits per heavy atom. The number of nitrogens with zero attached hydrogens (tertiary/aromatic N) is 3. The number of rotatable bonds is 7. The molecule has 0 saturated carbocycles. The number of hydrogen-bond donors (Lipinski definition) is 3. The van der Waals surface area contributed by atoms with Crippen LogP contribution in [0.3, 0.4) is 0 Å². The van der Waals surface area contributed by atoms with Gasteiger partial charge in [0.2, 0.25) is 5.91 Å². The van der Waals surface area contributed by atoms with E-state index in [0.717, 1.165) is 30.5 Å². The van der Waals surface area contributed by atoms with E-state index in [1.165, 1.54) is 5.56 Å². The van der Waals surface area contributed by atoms with Crippen LogP contribution in [0, 0.1) is 0 Å². The molecule has 0 bridgehead atoms. The molecule has 0 spiro atoms. The van der Waals surface area contributed by atoms with Gasteiger partial charge in [-0.05, 0) is 56.0 Å². The highest BCUT2D eigenvalue weighted by atomic mass is 16.3. The van der Waals surface area contributed by atoms with Gasteiger partial charge >= 0.3 is 0 Å². The SMILES string of the molecule is CC(C(=O)Nc1ccc(C[C@@H]2CC[C@H]([C@H](O)c3cccnc3)N2)cc1)n1cccn1. The highest BCUT2D eigenvalue weighted by molar-refractivity contribution is 5.93. The molecule has 156 valence electrons. The number of benzene rings is 1. The standard InChI is InChI=1S/C23H27N5O2/c1-16(28-13-3-12-25-28)23(30)27-19-7-5-17(6-8-19)14-20-9-10-21(26-20)22(29)18-4-2-11-24-15-18/h2-8,11-13,15-16,20-22,26,29H,9-10,14H2,1H3,(H,27,30)/t16?,20-,21+,22+/m0/s1. The van der Waals surface area contributed by atoms with Crippen molar-refractivity contribution in [3.8, 4) is 0 Å². The van der Waals surface area contributed by atoms with Crippen LogP contribution in [0.15, 0.2) is 67.3 Å². The summed E-state index contributed by atoms with van der Waals surface area (Å²) in [6, 6.07) is 13.5. The summed E-state index contributed by atoms with van der Waals surface area (Å²) in [5, 5.41) is 21.2. The minimum atomic E-state index is -0.543. The molecule has 3 heterocycles. The van der Waals surface area contributed by atoms with Gasteiger partial charge in [-0.3, -0.25) is 14.5 Å². The monoisotopic (exact) mass is 405 g/mol. The predicted molar refractivity (Wildman–Crippen MR) is 115 cm³/mol. The zero-order valence-electron chi connectivity index (χ0n) is 17.0. The van der Waals surface area contributed by atoms with Crippen molar-refractivity contribution < 1.29 is 9.90 Å². The number of aliphatic hydroxyl groups excluding tert-OH is 1. The second kappa shape index (κ2) is 9.19. The van der Waals surface area contributed by atoms with Gasteiger partial charge in [-0.15, -0.1) is 0 Å². The van der Waals surface area contributed by atoms with Gasteiger partial charge in [0.05, 0.1) is 6.10 Å². The highest BCUT2D eigenvalue weighted by Gasteiger charge is 2.30. The fourth-order valence-corrected chi connectivity index (χ4v) is 3.93. The summed E-state index contributed by atoms with van der Waals surface area (Å²) >= 11 is 0. The van der Waals surface area contributed by atoms with Gasteiger partial charge in [0.15, 0.2) is 0 Å². The van der Waals surface area contributed by atoms with Crippen molar-refractivity contribution in [2.24, 2.45) is 0 Å². The number of aliphatic hydroxyl groups is 1. The Kier molecular flexibility index (Phi) is 6.21. The number of anilines is 1. The van der Waals surface area contributed by atoms with Crippen molar-refractivity contribution >= 4 is 11.6 Å². The van der Waals surface area contributed by atoms with Gasteiger partial charge in [-0.1, -0.05) is 18.2 Å². The third-order valence-corrected chi connectivity index (χ3v) is 5.69. The van der Waals surface area contributed by atoms with Gasteiger partial charge < -0.3 is 15.7 Å². The molecule has 1 saturated heterocycles. The zero-order valence-corrected chi connectivity index (χ0v) is 17.0. The Bertz CT molecular complexity index is 943. The van der Waals surface area contributed by atoms with Gasteiger partial charge in [0.25, 0.3) is 0 Å². The van der Waals surface area contributed by atoms with Crippen molar-refractivity contribution in [3.05, 3.63) is 78.4 Å². The molecule has 4 atom stereocenters. The third-order valence-electron chi connectivity index (χ3n) is 5.69. The molecule has 1 unspecified atom stereocenters. The van der Waals surface area contributed by atoms with Gasteiger partial charge in [0, 0.05) is 48.1 Å². The molecular formula is C23H27N5O2. The summed E-state index contributed by atoms with van der Waals surface area (Å²) in [5.74, 6) is -0.101. The molecule has 1 aliphatic rings. The maximum absolute atomic E-state index is 12.4. The predicted octanol–water partition coefficient (Wildman–Crippen LogP) is 2.87. The van der Waals surface area contributed by atoms with E-state index in [9.17, 15) is 9.90 Å². The molecule has 7 nitrogen and oxygen atoms in total. The third kappa shape index (κ3) is 4.75. The number of carbonyl (C=O) groups excluding carboxylic acids is 1. The van der Waals surface area contributed by atoms with E-state index in [1.54, 1.807) is 35.5 Å². The first-order valence-electron chi connectivity index (χ1n) is 10.3. The van der Waals surface area contributed by atoms with E-state index in [4.69, 9.17) is 0 Å². The molecule has 2 aromatic heterocycles. The quantitative estimate of drug-likeness (QED) is 0.562. The second-order valence-electron chi connectivity index (χ2n) is 7.83. The molecule has 3 aromatic rings. The van der Waals surface area contributed by atoms with Crippen LogP contribution >= 0.6 is 0 Å². The fraction of sp³-hybridized carbons (Fsp3) is 0.348. The smallest absolute Gasteiger partial charge is 0.248 e. The molecule has 7 heteroatoms. The lowest BCUT2D eigenvalue weighted by atomic mass is 10.0. The lowest BCUT2D eigenvalue weighted by molar-refractivity contribution is -0.119. The van der Waals surface area contributed by atoms with Crippen LogP contribution in [0.4, 0.5) is 5.69 Å². The molecule has 0 aliphatic carbocycles. The van der Waals surface area contributed by atoms with Crippen LogP contribution in [0.5, 0.6) is 0 Å². The summed E-state index contributed by atoms with van der Waals surface area (Å²) in [6.07, 6.45) is 9.16. The van der Waals surface area contributed by atoms with Crippen LogP contribution in [0.25, 0.3) is 0 Å². The Labute approximate surface area is 176 Å². The van der Waals surface area contributed by atoms with E-state index in [-0.39, 0.29) is 18.0 Å². The summed E-state index contributed by atoms with van der Waals surface area (Å²) < 4.78 is 1.63. The van der Waals surface area contributed by atoms with Crippen LogP contribution < -0.4 is 10.6 Å². The van der Waals surface area contributed by atoms with Crippen molar-refractivity contribution in [1.29, 1.82) is 0 Å². The number of pyridine rings is 1. The average Bonchev–Trinajstić information content (AvgIpc) is 3.47. The van der Waals surface area contributed by atoms with Crippen LogP contribution in [-0.2, 0) is 11.2 Å². The topological polar surface area (TPSA) is 92.1 Å². The minimum absolute atomic E-state index is 0.0431. The second-order valence-corrected chi connectivity index (χ2v) is 7.83. The van der Waals surface area contributed by atoms with E-state index < -0.39 is 6.10 Å². The fourth-order valence-electron chi connectivity index (χ4n) is 3.93. The van der Waals surface area contributed by atoms with E-state index >= 15 is 0 Å². The summed E-state index contributed by atoms with van der Waals surface area (Å²) in [4.78, 5) is 16.5. The normalized spacial score (nSPS) is 20.6. The molecule has 1 fully saturated rings.